The minimum absolute atomic E-state index is 0.685. The molecule has 0 unspecified atom stereocenters. The van der Waals surface area contributed by atoms with Gasteiger partial charge in [0.05, 0.1) is 6.61 Å². The van der Waals surface area contributed by atoms with Crippen molar-refractivity contribution < 1.29 is 9.47 Å². The first-order valence-electron chi connectivity index (χ1n) is 5.30. The highest BCUT2D eigenvalue weighted by Gasteiger charge is 1.98. The summed E-state index contributed by atoms with van der Waals surface area (Å²) < 4.78 is 10.9. The Morgan fingerprint density at radius 1 is 1.27 bits per heavy atom. The molecule has 2 heteroatoms. The van der Waals surface area contributed by atoms with Gasteiger partial charge in [0.15, 0.2) is 0 Å². The molecule has 0 aliphatic rings. The number of benzene rings is 1. The lowest BCUT2D eigenvalue weighted by Gasteiger charge is -2.08. The second kappa shape index (κ2) is 7.07. The lowest BCUT2D eigenvalue weighted by molar-refractivity contribution is 0.131. The van der Waals surface area contributed by atoms with Gasteiger partial charge in [0.1, 0.15) is 5.75 Å². The fourth-order valence-corrected chi connectivity index (χ4v) is 1.27. The topological polar surface area (TPSA) is 18.5 Å². The van der Waals surface area contributed by atoms with Crippen LogP contribution in [0.25, 0.3) is 6.08 Å². The van der Waals surface area contributed by atoms with Crippen LogP contribution < -0.4 is 4.74 Å². The summed E-state index contributed by atoms with van der Waals surface area (Å²) in [5, 5.41) is 0. The van der Waals surface area contributed by atoms with Crippen molar-refractivity contribution >= 4 is 6.08 Å². The summed E-state index contributed by atoms with van der Waals surface area (Å²) in [5.41, 5.74) is 1.04. The van der Waals surface area contributed by atoms with Crippen LogP contribution in [0.4, 0.5) is 0 Å². The van der Waals surface area contributed by atoms with Gasteiger partial charge < -0.3 is 9.47 Å². The molecule has 0 aliphatic heterocycles. The highest BCUT2D eigenvalue weighted by Crippen LogP contribution is 2.18. The normalized spacial score (nSPS) is 9.93. The molecule has 1 rings (SSSR count). The lowest BCUT2D eigenvalue weighted by atomic mass is 10.2. The molecular weight excluding hydrogens is 188 g/mol. The van der Waals surface area contributed by atoms with E-state index in [1.54, 1.807) is 6.08 Å². The molecule has 0 aliphatic carbocycles. The minimum Gasteiger partial charge on any atom is -0.493 e. The number of ether oxygens (including phenoxy) is 2. The quantitative estimate of drug-likeness (QED) is 0.638. The van der Waals surface area contributed by atoms with E-state index in [1.807, 2.05) is 31.2 Å². The van der Waals surface area contributed by atoms with Crippen LogP contribution in [0.3, 0.4) is 0 Å². The fourth-order valence-electron chi connectivity index (χ4n) is 1.27. The van der Waals surface area contributed by atoms with E-state index in [4.69, 9.17) is 9.47 Å². The maximum absolute atomic E-state index is 5.62. The molecular formula is C13H18O2. The van der Waals surface area contributed by atoms with Gasteiger partial charge in [-0.3, -0.25) is 0 Å². The number of hydrogen-bond acceptors (Lipinski definition) is 2. The highest BCUT2D eigenvalue weighted by molar-refractivity contribution is 5.55. The van der Waals surface area contributed by atoms with Crippen molar-refractivity contribution in [3.63, 3.8) is 0 Å². The predicted molar refractivity (Wildman–Crippen MR) is 63.1 cm³/mol. The van der Waals surface area contributed by atoms with Crippen molar-refractivity contribution in [3.8, 4) is 5.75 Å². The maximum Gasteiger partial charge on any atom is 0.126 e. The Kier molecular flexibility index (Phi) is 5.56. The van der Waals surface area contributed by atoms with Gasteiger partial charge in [0.2, 0.25) is 0 Å². The SMILES string of the molecule is C=Cc1ccccc1OCCCOCC. The molecule has 0 atom stereocenters. The standard InChI is InChI=1S/C13H18O2/c1-3-12-8-5-6-9-13(12)15-11-7-10-14-4-2/h3,5-6,8-9H,1,4,7,10-11H2,2H3. The Bertz CT molecular complexity index is 294. The summed E-state index contributed by atoms with van der Waals surface area (Å²) >= 11 is 0. The van der Waals surface area contributed by atoms with Crippen molar-refractivity contribution in [2.24, 2.45) is 0 Å². The zero-order valence-corrected chi connectivity index (χ0v) is 9.24. The highest BCUT2D eigenvalue weighted by atomic mass is 16.5. The summed E-state index contributed by atoms with van der Waals surface area (Å²) in [5.74, 6) is 0.893. The van der Waals surface area contributed by atoms with Crippen molar-refractivity contribution in [3.05, 3.63) is 36.4 Å². The average molecular weight is 206 g/mol. The molecule has 0 radical (unpaired) electrons. The van der Waals surface area contributed by atoms with E-state index in [-0.39, 0.29) is 0 Å². The van der Waals surface area contributed by atoms with E-state index in [2.05, 4.69) is 6.58 Å². The molecule has 0 heterocycles. The van der Waals surface area contributed by atoms with Crippen LogP contribution in [-0.2, 0) is 4.74 Å². The van der Waals surface area contributed by atoms with E-state index in [0.717, 1.165) is 30.9 Å². The monoisotopic (exact) mass is 206 g/mol. The van der Waals surface area contributed by atoms with Crippen LogP contribution in [0.5, 0.6) is 5.75 Å². The average Bonchev–Trinajstić information content (AvgIpc) is 2.29. The van der Waals surface area contributed by atoms with E-state index in [9.17, 15) is 0 Å². The molecule has 0 amide bonds. The first-order chi connectivity index (χ1) is 7.38. The third-order valence-electron chi connectivity index (χ3n) is 2.03. The van der Waals surface area contributed by atoms with Crippen molar-refractivity contribution in [1.29, 1.82) is 0 Å². The number of hydrogen-bond donors (Lipinski definition) is 0. The number of para-hydroxylation sites is 1. The second-order valence-corrected chi connectivity index (χ2v) is 3.14. The molecule has 0 fully saturated rings. The molecule has 82 valence electrons. The first-order valence-corrected chi connectivity index (χ1v) is 5.30. The molecule has 2 nitrogen and oxygen atoms in total. The third kappa shape index (κ3) is 4.17. The molecule has 1 aromatic rings. The van der Waals surface area contributed by atoms with Crippen molar-refractivity contribution in [1.82, 2.24) is 0 Å². The van der Waals surface area contributed by atoms with Gasteiger partial charge in [0.25, 0.3) is 0 Å². The van der Waals surface area contributed by atoms with E-state index < -0.39 is 0 Å². The molecule has 0 N–H and O–H groups in total. The van der Waals surface area contributed by atoms with E-state index in [1.165, 1.54) is 0 Å². The molecule has 0 saturated carbocycles. The van der Waals surface area contributed by atoms with Gasteiger partial charge in [-0.05, 0) is 13.0 Å². The van der Waals surface area contributed by atoms with Gasteiger partial charge in [-0.15, -0.1) is 0 Å². The Morgan fingerprint density at radius 2 is 2.07 bits per heavy atom. The largest absolute Gasteiger partial charge is 0.493 e. The van der Waals surface area contributed by atoms with Crippen LogP contribution in [0.15, 0.2) is 30.8 Å². The predicted octanol–water partition coefficient (Wildman–Crippen LogP) is 3.14. The van der Waals surface area contributed by atoms with Gasteiger partial charge in [0, 0.05) is 25.2 Å². The molecule has 1 aromatic carbocycles. The molecule has 15 heavy (non-hydrogen) atoms. The zero-order valence-electron chi connectivity index (χ0n) is 9.24. The second-order valence-electron chi connectivity index (χ2n) is 3.14. The zero-order chi connectivity index (χ0) is 10.9. The maximum atomic E-state index is 5.62. The van der Waals surface area contributed by atoms with Crippen LogP contribution in [0.1, 0.15) is 18.9 Å². The third-order valence-corrected chi connectivity index (χ3v) is 2.03. The van der Waals surface area contributed by atoms with Gasteiger partial charge in [-0.2, -0.15) is 0 Å². The van der Waals surface area contributed by atoms with Gasteiger partial charge >= 0.3 is 0 Å². The van der Waals surface area contributed by atoms with E-state index in [0.29, 0.717) is 6.61 Å². The summed E-state index contributed by atoms with van der Waals surface area (Å²) in [4.78, 5) is 0. The summed E-state index contributed by atoms with van der Waals surface area (Å²) in [7, 11) is 0. The summed E-state index contributed by atoms with van der Waals surface area (Å²) in [6, 6.07) is 7.89. The van der Waals surface area contributed by atoms with Crippen molar-refractivity contribution in [2.75, 3.05) is 19.8 Å². The van der Waals surface area contributed by atoms with Gasteiger partial charge in [-0.1, -0.05) is 30.9 Å². The summed E-state index contributed by atoms with van der Waals surface area (Å²) in [6.07, 6.45) is 2.72. The molecule has 0 saturated heterocycles. The van der Waals surface area contributed by atoms with Crippen molar-refractivity contribution in [2.45, 2.75) is 13.3 Å². The lowest BCUT2D eigenvalue weighted by Crippen LogP contribution is -2.03. The Balaban J connectivity index is 2.33. The Morgan fingerprint density at radius 3 is 2.80 bits per heavy atom. The molecule has 0 bridgehead atoms. The smallest absolute Gasteiger partial charge is 0.126 e. The fraction of sp³-hybridized carbons (Fsp3) is 0.385. The first kappa shape index (κ1) is 11.8. The molecule has 0 spiro atoms. The Labute approximate surface area is 91.5 Å². The van der Waals surface area contributed by atoms with E-state index >= 15 is 0 Å². The van der Waals surface area contributed by atoms with Crippen LogP contribution in [-0.4, -0.2) is 19.8 Å². The van der Waals surface area contributed by atoms with Gasteiger partial charge in [-0.25, -0.2) is 0 Å². The summed E-state index contributed by atoms with van der Waals surface area (Å²) in [6.45, 7) is 7.95. The van der Waals surface area contributed by atoms with Crippen LogP contribution in [0, 0.1) is 0 Å². The Hall–Kier alpha value is -1.28. The number of rotatable bonds is 7. The minimum atomic E-state index is 0.685. The van der Waals surface area contributed by atoms with Crippen LogP contribution in [0.2, 0.25) is 0 Å². The molecule has 0 aromatic heterocycles. The van der Waals surface area contributed by atoms with Crippen LogP contribution >= 0.6 is 0 Å².